The molecule has 0 aromatic rings. The fourth-order valence-electron chi connectivity index (χ4n) is 15.0. The molecular formula is C51H84O23. The van der Waals surface area contributed by atoms with Crippen LogP contribution in [-0.2, 0) is 42.6 Å². The van der Waals surface area contributed by atoms with Crippen LogP contribution in [0.1, 0.15) is 99.3 Å². The first-order valence-electron chi connectivity index (χ1n) is 26.9. The molecule has 9 rings (SSSR count). The molecule has 0 amide bonds. The fourth-order valence-corrected chi connectivity index (χ4v) is 15.0. The van der Waals surface area contributed by atoms with Crippen molar-refractivity contribution in [1.29, 1.82) is 0 Å². The number of aliphatic hydroxyl groups excluding tert-OH is 12. The molecule has 0 aromatic carbocycles. The molecule has 5 heterocycles. The Balaban J connectivity index is 0.857. The van der Waals surface area contributed by atoms with Gasteiger partial charge in [0, 0.05) is 12.3 Å². The van der Waals surface area contributed by atoms with Crippen molar-refractivity contribution in [3.05, 3.63) is 11.6 Å². The lowest BCUT2D eigenvalue weighted by Gasteiger charge is -2.58. The third-order valence-electron chi connectivity index (χ3n) is 19.6. The van der Waals surface area contributed by atoms with Gasteiger partial charge < -0.3 is 114 Å². The summed E-state index contributed by atoms with van der Waals surface area (Å²) < 4.78 is 53.9. The molecule has 0 aromatic heterocycles. The molecule has 31 unspecified atom stereocenters. The minimum absolute atomic E-state index is 0.0826. The minimum atomic E-state index is -2.94. The van der Waals surface area contributed by atoms with Crippen molar-refractivity contribution in [1.82, 2.24) is 0 Å². The van der Waals surface area contributed by atoms with Gasteiger partial charge in [-0.3, -0.25) is 0 Å². The van der Waals surface area contributed by atoms with E-state index < -0.39 is 148 Å². The van der Waals surface area contributed by atoms with Gasteiger partial charge in [-0.2, -0.15) is 0 Å². The standard InChI is InChI=1S/C51H84O23/c1-20(19-66-44-39(60)38(59)35(56)30(17-52)70-44)9-14-50(64)21(2)32-29(73-50)16-28-26-8-7-24-15-25(10-12-48(24,5)27(26)11-13-49(28,32)6)69-47-42(72-45-40(61)36(57)33(54)22(3)67-45)43(63)51(65,31(18-53)71-47)74-46-41(62)37(58)34(55)23(4)68-46/h7,20-23,25-47,52-65H,8-19H2,1-6H3. The predicted octanol–water partition coefficient (Wildman–Crippen LogP) is -2.66. The molecule has 14 N–H and O–H groups in total. The summed E-state index contributed by atoms with van der Waals surface area (Å²) in [6.45, 7) is 10.2. The highest BCUT2D eigenvalue weighted by molar-refractivity contribution is 5.26. The van der Waals surface area contributed by atoms with Crippen LogP contribution in [0.3, 0.4) is 0 Å². The molecule has 31 atom stereocenters. The maximum absolute atomic E-state index is 12.1. The second-order valence-electron chi connectivity index (χ2n) is 24.0. The summed E-state index contributed by atoms with van der Waals surface area (Å²) in [5.41, 5.74) is 0.945. The number of fused-ring (bicyclic) bond motifs is 7. The van der Waals surface area contributed by atoms with E-state index in [9.17, 15) is 71.5 Å². The summed E-state index contributed by atoms with van der Waals surface area (Å²) in [6, 6.07) is 0. The van der Waals surface area contributed by atoms with Crippen LogP contribution in [0.4, 0.5) is 0 Å². The van der Waals surface area contributed by atoms with Crippen LogP contribution in [0.2, 0.25) is 0 Å². The van der Waals surface area contributed by atoms with Gasteiger partial charge in [-0.15, -0.1) is 0 Å². The van der Waals surface area contributed by atoms with Crippen molar-refractivity contribution >= 4 is 0 Å². The zero-order chi connectivity index (χ0) is 53.7. The predicted molar refractivity (Wildman–Crippen MR) is 250 cm³/mol. The number of hydrogen-bond acceptors (Lipinski definition) is 23. The number of ether oxygens (including phenoxy) is 9. The summed E-state index contributed by atoms with van der Waals surface area (Å²) in [4.78, 5) is 0. The van der Waals surface area contributed by atoms with Gasteiger partial charge in [0.1, 0.15) is 79.4 Å². The van der Waals surface area contributed by atoms with Gasteiger partial charge in [-0.25, -0.2) is 0 Å². The maximum Gasteiger partial charge on any atom is 0.226 e. The third-order valence-corrected chi connectivity index (χ3v) is 19.6. The SMILES string of the molecule is CC(CCC1(O)OC2CC3C4CC=C5CC(OC6OC(CO)C(O)(OC7OC(C)C(O)C(O)C7O)C(O)C6OC6OC(C)C(O)C(O)C6O)CCC5(C)C4CCC3(C)C2C1C)COC1OC(CO)C(O)C(O)C1O. The van der Waals surface area contributed by atoms with Crippen molar-refractivity contribution in [2.45, 2.75) is 240 Å². The lowest BCUT2D eigenvalue weighted by Crippen LogP contribution is -2.72. The van der Waals surface area contributed by atoms with Crippen LogP contribution in [0.5, 0.6) is 0 Å². The molecule has 426 valence electrons. The summed E-state index contributed by atoms with van der Waals surface area (Å²) in [5, 5.41) is 151. The van der Waals surface area contributed by atoms with Gasteiger partial charge in [0.2, 0.25) is 5.79 Å². The molecule has 3 saturated carbocycles. The number of aliphatic hydroxyl groups is 14. The van der Waals surface area contributed by atoms with E-state index in [0.29, 0.717) is 43.4 Å². The van der Waals surface area contributed by atoms with E-state index in [1.165, 1.54) is 19.4 Å². The summed E-state index contributed by atoms with van der Waals surface area (Å²) in [6.07, 6.45) is -22.2. The van der Waals surface area contributed by atoms with Crippen molar-refractivity contribution in [2.24, 2.45) is 46.3 Å². The highest BCUT2D eigenvalue weighted by Gasteiger charge is 2.68. The molecular weight excluding hydrogens is 981 g/mol. The van der Waals surface area contributed by atoms with Gasteiger partial charge in [-0.1, -0.05) is 39.3 Å². The Morgan fingerprint density at radius 3 is 1.99 bits per heavy atom. The van der Waals surface area contributed by atoms with E-state index in [1.54, 1.807) is 0 Å². The molecule has 0 spiro atoms. The number of hydrogen-bond donors (Lipinski definition) is 14. The van der Waals surface area contributed by atoms with E-state index in [1.807, 2.05) is 6.92 Å². The molecule has 5 aliphatic heterocycles. The van der Waals surface area contributed by atoms with Crippen molar-refractivity contribution in [2.75, 3.05) is 19.8 Å². The van der Waals surface area contributed by atoms with Crippen LogP contribution in [0.25, 0.3) is 0 Å². The number of rotatable bonds is 14. The highest BCUT2D eigenvalue weighted by atomic mass is 16.8. The first-order chi connectivity index (χ1) is 34.8. The monoisotopic (exact) mass is 1060 g/mol. The van der Waals surface area contributed by atoms with Gasteiger partial charge in [0.15, 0.2) is 30.9 Å². The average Bonchev–Trinajstić information content (AvgIpc) is 3.82. The zero-order valence-electron chi connectivity index (χ0n) is 43.1. The van der Waals surface area contributed by atoms with Gasteiger partial charge in [0.05, 0.1) is 44.2 Å². The largest absolute Gasteiger partial charge is 0.394 e. The zero-order valence-corrected chi connectivity index (χ0v) is 43.1. The summed E-state index contributed by atoms with van der Waals surface area (Å²) in [7, 11) is 0. The number of allylic oxidation sites excluding steroid dienone is 1. The molecule has 5 saturated heterocycles. The van der Waals surface area contributed by atoms with E-state index in [4.69, 9.17) is 42.6 Å². The Labute approximate surface area is 430 Å². The Bertz CT molecular complexity index is 1950. The van der Waals surface area contributed by atoms with Crippen LogP contribution in [-0.4, -0.2) is 232 Å². The van der Waals surface area contributed by atoms with Crippen LogP contribution >= 0.6 is 0 Å². The molecule has 0 bridgehead atoms. The molecule has 4 aliphatic carbocycles. The fraction of sp³-hybridized carbons (Fsp3) is 0.961. The van der Waals surface area contributed by atoms with Crippen LogP contribution in [0, 0.1) is 46.3 Å². The van der Waals surface area contributed by atoms with Crippen molar-refractivity contribution in [3.8, 4) is 0 Å². The molecule has 23 nitrogen and oxygen atoms in total. The lowest BCUT2D eigenvalue weighted by molar-refractivity contribution is -0.454. The Morgan fingerprint density at radius 2 is 1.32 bits per heavy atom. The second kappa shape index (κ2) is 21.7. The molecule has 0 radical (unpaired) electrons. The maximum atomic E-state index is 12.1. The Hall–Kier alpha value is -1.18. The van der Waals surface area contributed by atoms with Crippen LogP contribution < -0.4 is 0 Å². The van der Waals surface area contributed by atoms with Crippen molar-refractivity contribution < 1.29 is 114 Å². The van der Waals surface area contributed by atoms with E-state index in [0.717, 1.165) is 32.1 Å². The van der Waals surface area contributed by atoms with E-state index in [-0.39, 0.29) is 41.3 Å². The summed E-state index contributed by atoms with van der Waals surface area (Å²) in [5.74, 6) is -3.33. The van der Waals surface area contributed by atoms with Gasteiger partial charge in [-0.05, 0) is 106 Å². The Morgan fingerprint density at radius 1 is 0.689 bits per heavy atom. The minimum Gasteiger partial charge on any atom is -0.394 e. The first kappa shape index (κ1) is 57.5. The highest BCUT2D eigenvalue weighted by Crippen LogP contribution is 2.70. The van der Waals surface area contributed by atoms with Gasteiger partial charge in [0.25, 0.3) is 0 Å². The second-order valence-corrected chi connectivity index (χ2v) is 24.0. The van der Waals surface area contributed by atoms with E-state index >= 15 is 0 Å². The molecule has 23 heteroatoms. The molecule has 9 aliphatic rings. The third kappa shape index (κ3) is 9.89. The topological polar surface area (TPSA) is 366 Å². The van der Waals surface area contributed by atoms with E-state index in [2.05, 4.69) is 26.8 Å². The lowest BCUT2D eigenvalue weighted by atomic mass is 9.47. The summed E-state index contributed by atoms with van der Waals surface area (Å²) >= 11 is 0. The van der Waals surface area contributed by atoms with Crippen molar-refractivity contribution in [3.63, 3.8) is 0 Å². The Kier molecular flexibility index (Phi) is 16.9. The smallest absolute Gasteiger partial charge is 0.226 e. The van der Waals surface area contributed by atoms with Crippen LogP contribution in [0.15, 0.2) is 11.6 Å². The molecule has 8 fully saturated rings. The normalized spacial score (nSPS) is 55.9. The average molecular weight is 1070 g/mol. The quantitative estimate of drug-likeness (QED) is 0.0624. The first-order valence-corrected chi connectivity index (χ1v) is 26.9. The molecule has 74 heavy (non-hydrogen) atoms. The van der Waals surface area contributed by atoms with Gasteiger partial charge >= 0.3 is 0 Å².